The standard InChI is InChI=1S/C13H10Cl2N4OS/c14-8-3-16-12(17-4-8)6-19-5-9(7-20)18-13(19)10-1-2-11(15)21-10/h1-5,20H,6-7H2. The zero-order valence-electron chi connectivity index (χ0n) is 10.7. The lowest BCUT2D eigenvalue weighted by atomic mass is 10.4. The summed E-state index contributed by atoms with van der Waals surface area (Å²) in [4.78, 5) is 13.7. The molecule has 3 aromatic heterocycles. The molecule has 0 spiro atoms. The van der Waals surface area contributed by atoms with Crippen molar-refractivity contribution in [2.75, 3.05) is 0 Å². The molecule has 0 aliphatic rings. The molecule has 0 atom stereocenters. The maximum absolute atomic E-state index is 9.28. The van der Waals surface area contributed by atoms with Crippen LogP contribution in [0.15, 0.2) is 30.7 Å². The number of aliphatic hydroxyl groups is 1. The minimum atomic E-state index is -0.124. The molecule has 5 nitrogen and oxygen atoms in total. The summed E-state index contributed by atoms with van der Waals surface area (Å²) < 4.78 is 2.57. The van der Waals surface area contributed by atoms with E-state index < -0.39 is 0 Å². The number of thiophene rings is 1. The highest BCUT2D eigenvalue weighted by atomic mass is 35.5. The highest BCUT2D eigenvalue weighted by Gasteiger charge is 2.13. The number of aliphatic hydroxyl groups excluding tert-OH is 1. The summed E-state index contributed by atoms with van der Waals surface area (Å²) in [6, 6.07) is 3.72. The van der Waals surface area contributed by atoms with Crippen LogP contribution in [0.5, 0.6) is 0 Å². The van der Waals surface area contributed by atoms with Gasteiger partial charge in [-0.3, -0.25) is 0 Å². The Hall–Kier alpha value is -1.47. The Bertz CT molecular complexity index is 754. The Labute approximate surface area is 134 Å². The third-order valence-corrected chi connectivity index (χ3v) is 4.19. The topological polar surface area (TPSA) is 63.8 Å². The maximum atomic E-state index is 9.28. The summed E-state index contributed by atoms with van der Waals surface area (Å²) in [6.07, 6.45) is 4.88. The van der Waals surface area contributed by atoms with Gasteiger partial charge in [0.25, 0.3) is 0 Å². The first kappa shape index (κ1) is 14.5. The van der Waals surface area contributed by atoms with Crippen molar-refractivity contribution in [1.82, 2.24) is 19.5 Å². The lowest BCUT2D eigenvalue weighted by Crippen LogP contribution is -2.04. The van der Waals surface area contributed by atoms with Gasteiger partial charge in [-0.25, -0.2) is 15.0 Å². The Kier molecular flexibility index (Phi) is 4.21. The van der Waals surface area contributed by atoms with Crippen molar-refractivity contribution in [1.29, 1.82) is 0 Å². The van der Waals surface area contributed by atoms with Gasteiger partial charge in [-0.15, -0.1) is 11.3 Å². The van der Waals surface area contributed by atoms with Crippen molar-refractivity contribution in [3.05, 3.63) is 51.6 Å². The van der Waals surface area contributed by atoms with Crippen LogP contribution in [-0.4, -0.2) is 24.6 Å². The fourth-order valence-electron chi connectivity index (χ4n) is 1.87. The number of hydrogen-bond acceptors (Lipinski definition) is 5. The molecular formula is C13H10Cl2N4OS. The first-order valence-electron chi connectivity index (χ1n) is 6.05. The van der Waals surface area contributed by atoms with Crippen molar-refractivity contribution < 1.29 is 5.11 Å². The smallest absolute Gasteiger partial charge is 0.150 e. The van der Waals surface area contributed by atoms with Crippen LogP contribution in [0.4, 0.5) is 0 Å². The van der Waals surface area contributed by atoms with Crippen molar-refractivity contribution in [3.8, 4) is 10.7 Å². The minimum absolute atomic E-state index is 0.124. The third kappa shape index (κ3) is 3.24. The molecule has 0 radical (unpaired) electrons. The molecule has 108 valence electrons. The zero-order chi connectivity index (χ0) is 14.8. The number of rotatable bonds is 4. The number of imidazole rings is 1. The molecule has 0 aliphatic heterocycles. The molecule has 3 aromatic rings. The van der Waals surface area contributed by atoms with Gasteiger partial charge in [-0.05, 0) is 12.1 Å². The van der Waals surface area contributed by atoms with E-state index in [9.17, 15) is 5.11 Å². The van der Waals surface area contributed by atoms with Gasteiger partial charge >= 0.3 is 0 Å². The van der Waals surface area contributed by atoms with Gasteiger partial charge in [-0.2, -0.15) is 0 Å². The van der Waals surface area contributed by atoms with Crippen LogP contribution in [0.2, 0.25) is 9.36 Å². The van der Waals surface area contributed by atoms with Crippen LogP contribution in [0.25, 0.3) is 10.7 Å². The van der Waals surface area contributed by atoms with Crippen molar-refractivity contribution in [2.45, 2.75) is 13.2 Å². The predicted octanol–water partition coefficient (Wildman–Crippen LogP) is 3.25. The van der Waals surface area contributed by atoms with Crippen molar-refractivity contribution >= 4 is 34.5 Å². The van der Waals surface area contributed by atoms with Crippen molar-refractivity contribution in [2.24, 2.45) is 0 Å². The normalized spacial score (nSPS) is 11.0. The number of hydrogen-bond donors (Lipinski definition) is 1. The molecule has 0 bridgehead atoms. The Morgan fingerprint density at radius 2 is 1.95 bits per heavy atom. The molecular weight excluding hydrogens is 331 g/mol. The monoisotopic (exact) mass is 340 g/mol. The fourth-order valence-corrected chi connectivity index (χ4v) is 3.02. The molecule has 8 heteroatoms. The van der Waals surface area contributed by atoms with Crippen LogP contribution in [-0.2, 0) is 13.2 Å². The summed E-state index contributed by atoms with van der Waals surface area (Å²) >= 11 is 13.2. The van der Waals surface area contributed by atoms with Gasteiger partial charge in [-0.1, -0.05) is 23.2 Å². The minimum Gasteiger partial charge on any atom is -0.390 e. The van der Waals surface area contributed by atoms with E-state index >= 15 is 0 Å². The molecule has 0 fully saturated rings. The highest BCUT2D eigenvalue weighted by molar-refractivity contribution is 7.19. The SMILES string of the molecule is OCc1cn(Cc2ncc(Cl)cn2)c(-c2ccc(Cl)s2)n1. The van der Waals surface area contributed by atoms with Crippen LogP contribution in [0.3, 0.4) is 0 Å². The molecule has 0 amide bonds. The Balaban J connectivity index is 1.97. The van der Waals surface area contributed by atoms with Crippen molar-refractivity contribution in [3.63, 3.8) is 0 Å². The molecule has 0 aliphatic carbocycles. The first-order chi connectivity index (χ1) is 10.2. The molecule has 3 heterocycles. The van der Waals surface area contributed by atoms with Gasteiger partial charge in [0.2, 0.25) is 0 Å². The van der Waals surface area contributed by atoms with Gasteiger partial charge in [0.15, 0.2) is 5.82 Å². The van der Waals surface area contributed by atoms with Crippen LogP contribution >= 0.6 is 34.5 Å². The van der Waals surface area contributed by atoms with E-state index in [-0.39, 0.29) is 6.61 Å². The molecule has 0 saturated heterocycles. The summed E-state index contributed by atoms with van der Waals surface area (Å²) in [6.45, 7) is 0.315. The van der Waals surface area contributed by atoms with Crippen LogP contribution in [0.1, 0.15) is 11.5 Å². The Morgan fingerprint density at radius 3 is 2.57 bits per heavy atom. The average Bonchev–Trinajstić information content (AvgIpc) is 3.07. The van der Waals surface area contributed by atoms with E-state index in [2.05, 4.69) is 15.0 Å². The molecule has 3 rings (SSSR count). The molecule has 0 unspecified atom stereocenters. The lowest BCUT2D eigenvalue weighted by molar-refractivity contribution is 0.277. The summed E-state index contributed by atoms with van der Waals surface area (Å²) in [5, 5.41) is 9.77. The largest absolute Gasteiger partial charge is 0.390 e. The summed E-state index contributed by atoms with van der Waals surface area (Å²) in [5.41, 5.74) is 0.587. The number of aromatic nitrogens is 4. The first-order valence-corrected chi connectivity index (χ1v) is 7.62. The van der Waals surface area contributed by atoms with E-state index in [0.29, 0.717) is 27.4 Å². The molecule has 0 saturated carbocycles. The van der Waals surface area contributed by atoms with E-state index in [1.54, 1.807) is 18.6 Å². The summed E-state index contributed by atoms with van der Waals surface area (Å²) in [5.74, 6) is 1.35. The zero-order valence-corrected chi connectivity index (χ0v) is 13.0. The second kappa shape index (κ2) is 6.11. The van der Waals surface area contributed by atoms with Crippen LogP contribution in [0, 0.1) is 0 Å². The molecule has 1 N–H and O–H groups in total. The van der Waals surface area contributed by atoms with Gasteiger partial charge < -0.3 is 9.67 Å². The van der Waals surface area contributed by atoms with Gasteiger partial charge in [0.05, 0.1) is 33.1 Å². The van der Waals surface area contributed by atoms with E-state index in [1.807, 2.05) is 16.7 Å². The second-order valence-corrected chi connectivity index (χ2v) is 6.41. The summed E-state index contributed by atoms with van der Waals surface area (Å²) in [7, 11) is 0. The quantitative estimate of drug-likeness (QED) is 0.791. The Morgan fingerprint density at radius 1 is 1.19 bits per heavy atom. The van der Waals surface area contributed by atoms with Crippen LogP contribution < -0.4 is 0 Å². The maximum Gasteiger partial charge on any atom is 0.150 e. The van der Waals surface area contributed by atoms with Gasteiger partial charge in [0, 0.05) is 18.6 Å². The number of halogens is 2. The third-order valence-electron chi connectivity index (χ3n) is 2.77. The highest BCUT2D eigenvalue weighted by Crippen LogP contribution is 2.30. The van der Waals surface area contributed by atoms with E-state index in [4.69, 9.17) is 23.2 Å². The number of nitrogens with zero attached hydrogens (tertiary/aromatic N) is 4. The van der Waals surface area contributed by atoms with E-state index in [1.165, 1.54) is 11.3 Å². The lowest BCUT2D eigenvalue weighted by Gasteiger charge is -2.05. The van der Waals surface area contributed by atoms with Gasteiger partial charge in [0.1, 0.15) is 5.82 Å². The molecule has 0 aromatic carbocycles. The second-order valence-electron chi connectivity index (χ2n) is 4.26. The molecule has 21 heavy (non-hydrogen) atoms. The average molecular weight is 341 g/mol. The fraction of sp³-hybridized carbons (Fsp3) is 0.154. The predicted molar refractivity (Wildman–Crippen MR) is 82.6 cm³/mol. The van der Waals surface area contributed by atoms with E-state index in [0.717, 1.165) is 10.7 Å².